The number of halogens is 1. The van der Waals surface area contributed by atoms with Crippen LogP contribution in [0.2, 0.25) is 0 Å². The molecule has 0 atom stereocenters. The normalized spacial score (nSPS) is 9.25. The predicted octanol–water partition coefficient (Wildman–Crippen LogP) is 0.521. The Balaban J connectivity index is 2.36. The van der Waals surface area contributed by atoms with Crippen molar-refractivity contribution in [2.24, 2.45) is 0 Å². The van der Waals surface area contributed by atoms with E-state index in [1.54, 1.807) is 6.07 Å². The van der Waals surface area contributed by atoms with Gasteiger partial charge in [-0.05, 0) is 28.1 Å². The Morgan fingerprint density at radius 3 is 2.75 bits per heavy atom. The largest absolute Gasteiger partial charge is 0.444 e. The van der Waals surface area contributed by atoms with E-state index in [1.807, 2.05) is 0 Å². The molecular formula is C10H9BrN2O3. The maximum absolute atomic E-state index is 11.4. The second-order valence-corrected chi connectivity index (χ2v) is 3.55. The summed E-state index contributed by atoms with van der Waals surface area (Å²) in [5.41, 5.74) is 0. The molecule has 5 nitrogen and oxygen atoms in total. The van der Waals surface area contributed by atoms with Gasteiger partial charge in [0.1, 0.15) is 0 Å². The monoisotopic (exact) mass is 284 g/mol. The maximum atomic E-state index is 11.4. The van der Waals surface area contributed by atoms with Crippen molar-refractivity contribution in [3.05, 3.63) is 22.6 Å². The standard InChI is InChI=1S/C10H9BrN2O3/c1-2-5-12-9(14)6-13-10(15)7-3-4-8(11)16-7/h1,3-4H,5-6H2,(H,12,14)(H,13,15). The van der Waals surface area contributed by atoms with Gasteiger partial charge in [-0.3, -0.25) is 9.59 Å². The number of nitrogens with one attached hydrogen (secondary N) is 2. The average molecular weight is 285 g/mol. The van der Waals surface area contributed by atoms with Crippen molar-refractivity contribution in [3.8, 4) is 12.3 Å². The zero-order chi connectivity index (χ0) is 12.0. The number of furan rings is 1. The number of amides is 2. The molecule has 2 N–H and O–H groups in total. The van der Waals surface area contributed by atoms with E-state index in [9.17, 15) is 9.59 Å². The van der Waals surface area contributed by atoms with E-state index in [0.29, 0.717) is 4.67 Å². The van der Waals surface area contributed by atoms with Crippen molar-refractivity contribution in [2.45, 2.75) is 0 Å². The lowest BCUT2D eigenvalue weighted by Gasteiger charge is -2.02. The predicted molar refractivity (Wildman–Crippen MR) is 60.6 cm³/mol. The first-order valence-electron chi connectivity index (χ1n) is 4.37. The highest BCUT2D eigenvalue weighted by molar-refractivity contribution is 9.10. The Labute approximate surface area is 101 Å². The van der Waals surface area contributed by atoms with Crippen molar-refractivity contribution in [2.75, 3.05) is 13.1 Å². The third-order valence-electron chi connectivity index (χ3n) is 1.59. The third-order valence-corrected chi connectivity index (χ3v) is 2.02. The van der Waals surface area contributed by atoms with E-state index in [0.717, 1.165) is 0 Å². The lowest BCUT2D eigenvalue weighted by Crippen LogP contribution is -2.36. The van der Waals surface area contributed by atoms with E-state index in [4.69, 9.17) is 10.8 Å². The first-order valence-corrected chi connectivity index (χ1v) is 5.16. The molecule has 6 heteroatoms. The number of terminal acetylenes is 1. The van der Waals surface area contributed by atoms with Gasteiger partial charge in [-0.1, -0.05) is 5.92 Å². The number of carbonyl (C=O) groups is 2. The van der Waals surface area contributed by atoms with Gasteiger partial charge in [0, 0.05) is 0 Å². The van der Waals surface area contributed by atoms with Crippen LogP contribution in [-0.2, 0) is 4.79 Å². The summed E-state index contributed by atoms with van der Waals surface area (Å²) in [5.74, 6) is 1.58. The molecule has 0 aromatic carbocycles. The number of hydrogen-bond acceptors (Lipinski definition) is 3. The smallest absolute Gasteiger partial charge is 0.287 e. The summed E-state index contributed by atoms with van der Waals surface area (Å²) in [4.78, 5) is 22.5. The Bertz CT molecular complexity index is 434. The van der Waals surface area contributed by atoms with E-state index >= 15 is 0 Å². The minimum absolute atomic E-state index is 0.136. The highest BCUT2D eigenvalue weighted by Gasteiger charge is 2.11. The second kappa shape index (κ2) is 5.98. The zero-order valence-electron chi connectivity index (χ0n) is 8.25. The molecule has 1 aromatic rings. The molecule has 0 aliphatic heterocycles. The van der Waals surface area contributed by atoms with Crippen LogP contribution in [0, 0.1) is 12.3 Å². The van der Waals surface area contributed by atoms with Crippen LogP contribution < -0.4 is 10.6 Å². The van der Waals surface area contributed by atoms with E-state index < -0.39 is 5.91 Å². The lowest BCUT2D eigenvalue weighted by atomic mass is 10.4. The van der Waals surface area contributed by atoms with Crippen LogP contribution in [0.25, 0.3) is 0 Å². The molecule has 84 valence electrons. The topological polar surface area (TPSA) is 71.3 Å². The minimum atomic E-state index is -0.457. The fourth-order valence-electron chi connectivity index (χ4n) is 0.896. The van der Waals surface area contributed by atoms with Crippen LogP contribution in [0.3, 0.4) is 0 Å². The molecule has 1 rings (SSSR count). The molecule has 1 heterocycles. The molecule has 1 aromatic heterocycles. The van der Waals surface area contributed by atoms with Gasteiger partial charge in [0.05, 0.1) is 13.1 Å². The first kappa shape index (κ1) is 12.3. The SMILES string of the molecule is C#CCNC(=O)CNC(=O)c1ccc(Br)o1. The molecule has 0 aliphatic carbocycles. The molecule has 0 fully saturated rings. The summed E-state index contributed by atoms with van der Waals surface area (Å²) in [5, 5.41) is 4.80. The fourth-order valence-corrected chi connectivity index (χ4v) is 1.20. The van der Waals surface area contributed by atoms with Gasteiger partial charge in [0.15, 0.2) is 10.4 Å². The number of rotatable bonds is 4. The Morgan fingerprint density at radius 2 is 2.19 bits per heavy atom. The second-order valence-electron chi connectivity index (χ2n) is 2.77. The number of hydrogen-bond donors (Lipinski definition) is 2. The van der Waals surface area contributed by atoms with Gasteiger partial charge in [-0.15, -0.1) is 6.42 Å². The van der Waals surface area contributed by atoms with E-state index in [1.165, 1.54) is 6.07 Å². The average Bonchev–Trinajstić information content (AvgIpc) is 2.69. The van der Waals surface area contributed by atoms with E-state index in [-0.39, 0.29) is 24.8 Å². The highest BCUT2D eigenvalue weighted by Crippen LogP contribution is 2.13. The molecular weight excluding hydrogens is 276 g/mol. The van der Waals surface area contributed by atoms with E-state index in [2.05, 4.69) is 32.5 Å². The molecule has 2 amide bonds. The van der Waals surface area contributed by atoms with Crippen molar-refractivity contribution in [3.63, 3.8) is 0 Å². The van der Waals surface area contributed by atoms with Gasteiger partial charge in [-0.2, -0.15) is 0 Å². The molecule has 0 saturated heterocycles. The van der Waals surface area contributed by atoms with Crippen LogP contribution in [0.4, 0.5) is 0 Å². The van der Waals surface area contributed by atoms with Crippen LogP contribution in [0.1, 0.15) is 10.6 Å². The summed E-state index contributed by atoms with van der Waals surface area (Å²) in [6, 6.07) is 3.09. The van der Waals surface area contributed by atoms with Gasteiger partial charge < -0.3 is 15.1 Å². The zero-order valence-corrected chi connectivity index (χ0v) is 9.83. The molecule has 16 heavy (non-hydrogen) atoms. The Kier molecular flexibility index (Phi) is 4.61. The quantitative estimate of drug-likeness (QED) is 0.792. The van der Waals surface area contributed by atoms with Crippen molar-refractivity contribution in [1.29, 1.82) is 0 Å². The van der Waals surface area contributed by atoms with Crippen molar-refractivity contribution in [1.82, 2.24) is 10.6 Å². The van der Waals surface area contributed by atoms with Crippen LogP contribution >= 0.6 is 15.9 Å². The number of carbonyl (C=O) groups excluding carboxylic acids is 2. The highest BCUT2D eigenvalue weighted by atomic mass is 79.9. The molecule has 0 aliphatic rings. The maximum Gasteiger partial charge on any atom is 0.287 e. The summed E-state index contributed by atoms with van der Waals surface area (Å²) in [6.45, 7) is -0.000162. The molecule has 0 radical (unpaired) electrons. The lowest BCUT2D eigenvalue weighted by molar-refractivity contribution is -0.119. The minimum Gasteiger partial charge on any atom is -0.444 e. The van der Waals surface area contributed by atoms with Crippen molar-refractivity contribution < 1.29 is 14.0 Å². The first-order chi connectivity index (χ1) is 7.63. The van der Waals surface area contributed by atoms with Crippen LogP contribution in [0.15, 0.2) is 21.2 Å². The molecule has 0 saturated carbocycles. The molecule has 0 spiro atoms. The van der Waals surface area contributed by atoms with Gasteiger partial charge in [0.2, 0.25) is 5.91 Å². The third kappa shape index (κ3) is 3.79. The Hall–Kier alpha value is -1.74. The van der Waals surface area contributed by atoms with Gasteiger partial charge in [0.25, 0.3) is 5.91 Å². The van der Waals surface area contributed by atoms with Crippen molar-refractivity contribution >= 4 is 27.7 Å². The van der Waals surface area contributed by atoms with Crippen LogP contribution in [-0.4, -0.2) is 24.9 Å². The van der Waals surface area contributed by atoms with Gasteiger partial charge >= 0.3 is 0 Å². The Morgan fingerprint density at radius 1 is 1.44 bits per heavy atom. The summed E-state index contributed by atoms with van der Waals surface area (Å²) < 4.78 is 5.45. The molecule has 0 unspecified atom stereocenters. The summed E-state index contributed by atoms with van der Waals surface area (Å²) in [6.07, 6.45) is 4.95. The fraction of sp³-hybridized carbons (Fsp3) is 0.200. The van der Waals surface area contributed by atoms with Crippen LogP contribution in [0.5, 0.6) is 0 Å². The summed E-state index contributed by atoms with van der Waals surface area (Å²) in [7, 11) is 0. The molecule has 0 bridgehead atoms. The van der Waals surface area contributed by atoms with Gasteiger partial charge in [-0.25, -0.2) is 0 Å². The summed E-state index contributed by atoms with van der Waals surface area (Å²) >= 11 is 3.07.